The molecule has 0 radical (unpaired) electrons. The third-order valence-electron chi connectivity index (χ3n) is 3.60. The molecule has 1 aliphatic rings. The summed E-state index contributed by atoms with van der Waals surface area (Å²) in [6.07, 6.45) is 2.07. The molecule has 1 fully saturated rings. The molecule has 1 N–H and O–H groups in total. The van der Waals surface area contributed by atoms with E-state index in [4.69, 9.17) is 0 Å². The van der Waals surface area contributed by atoms with Gasteiger partial charge in [-0.15, -0.1) is 0 Å². The molecule has 0 aromatic heterocycles. The molecule has 8 heteroatoms. The molecule has 0 saturated carbocycles. The highest BCUT2D eigenvalue weighted by Crippen LogP contribution is 2.18. The second-order valence-electron chi connectivity index (χ2n) is 5.33. The smallest absolute Gasteiger partial charge is 0.269 e. The van der Waals surface area contributed by atoms with Crippen LogP contribution in [0.25, 0.3) is 0 Å². The maximum atomic E-state index is 11.4. The summed E-state index contributed by atoms with van der Waals surface area (Å²) >= 11 is 0. The van der Waals surface area contributed by atoms with Gasteiger partial charge in [0.25, 0.3) is 5.69 Å². The van der Waals surface area contributed by atoms with Crippen LogP contribution in [0.2, 0.25) is 0 Å². The number of hydrogen-bond donors (Lipinski definition) is 1. The van der Waals surface area contributed by atoms with E-state index < -0.39 is 14.9 Å². The fourth-order valence-corrected chi connectivity index (χ4v) is 3.38. The van der Waals surface area contributed by atoms with Crippen molar-refractivity contribution >= 4 is 15.7 Å². The maximum Gasteiger partial charge on any atom is 0.269 e. The summed E-state index contributed by atoms with van der Waals surface area (Å²) < 4.78 is 24.3. The van der Waals surface area contributed by atoms with Crippen molar-refractivity contribution in [3.05, 3.63) is 39.9 Å². The molecule has 0 amide bonds. The number of non-ortho nitro benzene ring substituents is 1. The molecule has 1 aromatic rings. The number of nitro groups is 1. The Labute approximate surface area is 124 Å². The number of hydrogen-bond acceptors (Lipinski definition) is 5. The Morgan fingerprint density at radius 2 is 2.24 bits per heavy atom. The van der Waals surface area contributed by atoms with Gasteiger partial charge in [-0.3, -0.25) is 10.1 Å². The van der Waals surface area contributed by atoms with Gasteiger partial charge in [0.1, 0.15) is 0 Å². The fourth-order valence-electron chi connectivity index (χ4n) is 2.47. The minimum Gasteiger partial charge on any atom is -0.312 e. The summed E-state index contributed by atoms with van der Waals surface area (Å²) in [7, 11) is -3.10. The highest BCUT2D eigenvalue weighted by atomic mass is 32.2. The SMILES string of the molecule is CS(=O)(=O)N1CC[C@H](CNCc2cccc([N+](=O)[O-])c2)C1. The van der Waals surface area contributed by atoms with E-state index in [0.29, 0.717) is 32.1 Å². The van der Waals surface area contributed by atoms with Gasteiger partial charge in [-0.1, -0.05) is 12.1 Å². The van der Waals surface area contributed by atoms with Crippen LogP contribution in [0.3, 0.4) is 0 Å². The lowest BCUT2D eigenvalue weighted by molar-refractivity contribution is -0.384. The van der Waals surface area contributed by atoms with Crippen molar-refractivity contribution in [1.29, 1.82) is 0 Å². The van der Waals surface area contributed by atoms with Gasteiger partial charge in [0.2, 0.25) is 10.0 Å². The van der Waals surface area contributed by atoms with Crippen LogP contribution >= 0.6 is 0 Å². The van der Waals surface area contributed by atoms with Gasteiger partial charge >= 0.3 is 0 Å². The second kappa shape index (κ2) is 6.50. The molecule has 1 saturated heterocycles. The monoisotopic (exact) mass is 313 g/mol. The number of sulfonamides is 1. The molecule has 0 bridgehead atoms. The summed E-state index contributed by atoms with van der Waals surface area (Å²) in [5.74, 6) is 0.290. The van der Waals surface area contributed by atoms with Gasteiger partial charge in [-0.25, -0.2) is 12.7 Å². The van der Waals surface area contributed by atoms with Crippen LogP contribution in [0.4, 0.5) is 5.69 Å². The third-order valence-corrected chi connectivity index (χ3v) is 4.87. The molecule has 0 aliphatic carbocycles. The second-order valence-corrected chi connectivity index (χ2v) is 7.32. The zero-order valence-electron chi connectivity index (χ0n) is 11.9. The number of benzene rings is 1. The Balaban J connectivity index is 1.80. The van der Waals surface area contributed by atoms with Crippen molar-refractivity contribution in [1.82, 2.24) is 9.62 Å². The predicted molar refractivity (Wildman–Crippen MR) is 79.3 cm³/mol. The van der Waals surface area contributed by atoms with Crippen molar-refractivity contribution in [2.45, 2.75) is 13.0 Å². The lowest BCUT2D eigenvalue weighted by Gasteiger charge is -2.13. The van der Waals surface area contributed by atoms with Crippen LogP contribution in [0.1, 0.15) is 12.0 Å². The third kappa shape index (κ3) is 4.48. The Morgan fingerprint density at radius 3 is 2.86 bits per heavy atom. The van der Waals surface area contributed by atoms with Gasteiger partial charge in [0, 0.05) is 31.8 Å². The van der Waals surface area contributed by atoms with E-state index in [1.165, 1.54) is 16.6 Å². The van der Waals surface area contributed by atoms with Gasteiger partial charge in [0.05, 0.1) is 11.2 Å². The van der Waals surface area contributed by atoms with Gasteiger partial charge in [-0.05, 0) is 24.4 Å². The molecule has 1 atom stereocenters. The summed E-state index contributed by atoms with van der Waals surface area (Å²) in [5.41, 5.74) is 0.931. The minimum atomic E-state index is -3.10. The number of rotatable bonds is 6. The van der Waals surface area contributed by atoms with E-state index >= 15 is 0 Å². The van der Waals surface area contributed by atoms with Gasteiger partial charge in [-0.2, -0.15) is 0 Å². The van der Waals surface area contributed by atoms with Crippen LogP contribution in [0.5, 0.6) is 0 Å². The molecule has 1 heterocycles. The Hall–Kier alpha value is -1.51. The average molecular weight is 313 g/mol. The first kappa shape index (κ1) is 15.9. The van der Waals surface area contributed by atoms with Crippen LogP contribution in [0, 0.1) is 16.0 Å². The Kier molecular flexibility index (Phi) is 4.92. The van der Waals surface area contributed by atoms with Crippen molar-refractivity contribution in [3.63, 3.8) is 0 Å². The molecule has 7 nitrogen and oxygen atoms in total. The van der Waals surface area contributed by atoms with Crippen LogP contribution in [0.15, 0.2) is 24.3 Å². The molecule has 0 spiro atoms. The Morgan fingerprint density at radius 1 is 1.48 bits per heavy atom. The summed E-state index contributed by atoms with van der Waals surface area (Å²) in [6.45, 7) is 2.36. The van der Waals surface area contributed by atoms with Crippen LogP contribution in [-0.4, -0.2) is 43.5 Å². The van der Waals surface area contributed by atoms with Crippen molar-refractivity contribution in [2.75, 3.05) is 25.9 Å². The van der Waals surface area contributed by atoms with E-state index in [0.717, 1.165) is 12.0 Å². The molecule has 0 unspecified atom stereocenters. The van der Waals surface area contributed by atoms with Gasteiger partial charge in [0.15, 0.2) is 0 Å². The summed E-state index contributed by atoms with van der Waals surface area (Å²) in [4.78, 5) is 10.3. The first-order valence-corrected chi connectivity index (χ1v) is 8.60. The van der Waals surface area contributed by atoms with E-state index in [-0.39, 0.29) is 5.69 Å². The molecule has 116 valence electrons. The fraction of sp³-hybridized carbons (Fsp3) is 0.538. The van der Waals surface area contributed by atoms with Crippen molar-refractivity contribution < 1.29 is 13.3 Å². The molecule has 1 aromatic carbocycles. The Bertz CT molecular complexity index is 618. The van der Waals surface area contributed by atoms with E-state index in [1.54, 1.807) is 12.1 Å². The normalized spacial score (nSPS) is 19.8. The quantitative estimate of drug-likeness (QED) is 0.624. The van der Waals surface area contributed by atoms with Crippen molar-refractivity contribution in [2.24, 2.45) is 5.92 Å². The molecule has 21 heavy (non-hydrogen) atoms. The number of nitrogens with one attached hydrogen (secondary N) is 1. The largest absolute Gasteiger partial charge is 0.312 e. The minimum absolute atomic E-state index is 0.0819. The summed E-state index contributed by atoms with van der Waals surface area (Å²) in [5, 5.41) is 13.9. The molecular weight excluding hydrogens is 294 g/mol. The zero-order chi connectivity index (χ0) is 15.5. The van der Waals surface area contributed by atoms with Gasteiger partial charge < -0.3 is 5.32 Å². The van der Waals surface area contributed by atoms with Crippen molar-refractivity contribution in [3.8, 4) is 0 Å². The lowest BCUT2D eigenvalue weighted by Crippen LogP contribution is -2.30. The van der Waals surface area contributed by atoms with E-state index in [1.807, 2.05) is 6.07 Å². The topological polar surface area (TPSA) is 92.6 Å². The number of nitro benzene ring substituents is 1. The lowest BCUT2D eigenvalue weighted by atomic mass is 10.1. The van der Waals surface area contributed by atoms with E-state index in [9.17, 15) is 18.5 Å². The molecule has 2 rings (SSSR count). The first-order valence-electron chi connectivity index (χ1n) is 6.75. The van der Waals surface area contributed by atoms with E-state index in [2.05, 4.69) is 5.32 Å². The average Bonchev–Trinajstić information content (AvgIpc) is 2.88. The molecule has 1 aliphatic heterocycles. The highest BCUT2D eigenvalue weighted by Gasteiger charge is 2.27. The van der Waals surface area contributed by atoms with Crippen LogP contribution < -0.4 is 5.32 Å². The molecular formula is C13H19N3O4S. The first-order chi connectivity index (χ1) is 9.86. The predicted octanol–water partition coefficient (Wildman–Crippen LogP) is 0.966. The summed E-state index contributed by atoms with van der Waals surface area (Å²) in [6, 6.07) is 6.50. The maximum absolute atomic E-state index is 11.4. The highest BCUT2D eigenvalue weighted by molar-refractivity contribution is 7.88. The standard InChI is InChI=1S/C13H19N3O4S/c1-21(19,20)15-6-5-12(10-15)9-14-8-11-3-2-4-13(7-11)16(17)18/h2-4,7,12,14H,5-6,8-10H2,1H3/t12-/m1/s1. The number of nitrogens with zero attached hydrogens (tertiary/aromatic N) is 2. The zero-order valence-corrected chi connectivity index (χ0v) is 12.7. The van der Waals surface area contributed by atoms with Crippen LogP contribution in [-0.2, 0) is 16.6 Å².